The fraction of sp³-hybridized carbons (Fsp3) is 0.417. The van der Waals surface area contributed by atoms with Gasteiger partial charge in [-0.2, -0.15) is 0 Å². The van der Waals surface area contributed by atoms with Crippen LogP contribution in [0, 0.1) is 13.8 Å². The smallest absolute Gasteiger partial charge is 0.338 e. The number of aryl methyl sites for hydroxylation is 2. The lowest BCUT2D eigenvalue weighted by atomic mass is 9.98. The number of esters is 1. The first-order valence-electron chi connectivity index (χ1n) is 10.4. The maximum absolute atomic E-state index is 12.5. The van der Waals surface area contributed by atoms with Gasteiger partial charge in [0, 0.05) is 10.7 Å². The summed E-state index contributed by atoms with van der Waals surface area (Å²) in [5, 5.41) is 3.50. The molecular weight excluding hydrogens is 402 g/mol. The van der Waals surface area contributed by atoms with E-state index in [0.717, 1.165) is 36.8 Å². The van der Waals surface area contributed by atoms with Gasteiger partial charge in [-0.3, -0.25) is 4.79 Å². The fourth-order valence-corrected chi connectivity index (χ4v) is 3.68. The van der Waals surface area contributed by atoms with E-state index in [1.165, 1.54) is 6.42 Å². The van der Waals surface area contributed by atoms with Crippen LogP contribution in [0.25, 0.3) is 0 Å². The zero-order chi connectivity index (χ0) is 21.7. The molecule has 160 valence electrons. The minimum Gasteiger partial charge on any atom is -0.481 e. The molecule has 1 amide bonds. The summed E-state index contributed by atoms with van der Waals surface area (Å²) >= 11 is 6.18. The van der Waals surface area contributed by atoms with Gasteiger partial charge in [0.25, 0.3) is 5.91 Å². The first kappa shape index (κ1) is 22.2. The minimum atomic E-state index is -0.694. The van der Waals surface area contributed by atoms with Gasteiger partial charge in [-0.1, -0.05) is 18.0 Å². The van der Waals surface area contributed by atoms with Gasteiger partial charge in [0.1, 0.15) is 11.9 Å². The maximum Gasteiger partial charge on any atom is 0.338 e. The van der Waals surface area contributed by atoms with Crippen LogP contribution >= 0.6 is 11.6 Å². The predicted molar refractivity (Wildman–Crippen MR) is 118 cm³/mol. The van der Waals surface area contributed by atoms with Gasteiger partial charge in [-0.05, 0) is 94.0 Å². The van der Waals surface area contributed by atoms with Crippen LogP contribution in [-0.4, -0.2) is 24.1 Å². The number of hydrogen-bond acceptors (Lipinski definition) is 4. The number of ether oxygens (including phenoxy) is 2. The Balaban J connectivity index is 1.55. The molecule has 0 aliphatic heterocycles. The maximum atomic E-state index is 12.5. The lowest BCUT2D eigenvalue weighted by Crippen LogP contribution is -2.30. The molecular formula is C24H28ClNO4. The van der Waals surface area contributed by atoms with E-state index in [0.29, 0.717) is 22.0 Å². The second-order valence-electron chi connectivity index (χ2n) is 7.86. The summed E-state index contributed by atoms with van der Waals surface area (Å²) in [5.74, 6) is 0.000556. The molecule has 1 unspecified atom stereocenters. The monoisotopic (exact) mass is 429 g/mol. The minimum absolute atomic E-state index is 0.0174. The third-order valence-electron chi connectivity index (χ3n) is 5.31. The molecule has 1 aliphatic rings. The molecule has 1 fully saturated rings. The number of anilines is 1. The summed E-state index contributed by atoms with van der Waals surface area (Å²) < 4.78 is 11.3. The van der Waals surface area contributed by atoms with Crippen LogP contribution in [0.5, 0.6) is 5.75 Å². The quantitative estimate of drug-likeness (QED) is 0.584. The Morgan fingerprint density at radius 3 is 2.23 bits per heavy atom. The molecule has 3 rings (SSSR count). The molecule has 2 aromatic carbocycles. The van der Waals surface area contributed by atoms with Crippen molar-refractivity contribution in [2.75, 3.05) is 5.32 Å². The Bertz CT molecular complexity index is 881. The summed E-state index contributed by atoms with van der Waals surface area (Å²) in [5.41, 5.74) is 2.87. The SMILES string of the molecule is Cc1cc(OC(C)C(=O)Nc2ccc(C(=O)OC3CCCCC3)cc2)cc(C)c1Cl. The summed E-state index contributed by atoms with van der Waals surface area (Å²) in [6, 6.07) is 10.3. The molecule has 5 nitrogen and oxygen atoms in total. The largest absolute Gasteiger partial charge is 0.481 e. The Morgan fingerprint density at radius 1 is 1.03 bits per heavy atom. The second-order valence-corrected chi connectivity index (χ2v) is 8.24. The van der Waals surface area contributed by atoms with Crippen LogP contribution in [0.2, 0.25) is 5.02 Å². The Labute approximate surface area is 182 Å². The molecule has 6 heteroatoms. The number of benzene rings is 2. The zero-order valence-electron chi connectivity index (χ0n) is 17.7. The standard InChI is InChI=1S/C24H28ClNO4/c1-15-13-21(14-16(2)22(15)25)29-17(3)23(27)26-19-11-9-18(10-12-19)24(28)30-20-7-5-4-6-8-20/h9-14,17,20H,4-8H2,1-3H3,(H,26,27). The predicted octanol–water partition coefficient (Wildman–Crippen LogP) is 5.85. The molecule has 0 radical (unpaired) electrons. The summed E-state index contributed by atoms with van der Waals surface area (Å²) in [7, 11) is 0. The summed E-state index contributed by atoms with van der Waals surface area (Å²) in [6.45, 7) is 5.48. The first-order chi connectivity index (χ1) is 14.3. The van der Waals surface area contributed by atoms with Crippen molar-refractivity contribution in [3.05, 3.63) is 58.1 Å². The molecule has 0 heterocycles. The van der Waals surface area contributed by atoms with Crippen molar-refractivity contribution in [1.29, 1.82) is 0 Å². The van der Waals surface area contributed by atoms with Gasteiger partial charge in [0.05, 0.1) is 5.56 Å². The van der Waals surface area contributed by atoms with E-state index < -0.39 is 6.10 Å². The molecule has 2 aromatic rings. The lowest BCUT2D eigenvalue weighted by Gasteiger charge is -2.21. The lowest BCUT2D eigenvalue weighted by molar-refractivity contribution is -0.122. The molecule has 1 atom stereocenters. The third-order valence-corrected chi connectivity index (χ3v) is 5.90. The van der Waals surface area contributed by atoms with E-state index in [-0.39, 0.29) is 18.0 Å². The number of amides is 1. The van der Waals surface area contributed by atoms with Gasteiger partial charge in [-0.15, -0.1) is 0 Å². The zero-order valence-corrected chi connectivity index (χ0v) is 18.4. The number of rotatable bonds is 6. The van der Waals surface area contributed by atoms with Gasteiger partial charge >= 0.3 is 5.97 Å². The van der Waals surface area contributed by atoms with Crippen molar-refractivity contribution in [3.8, 4) is 5.75 Å². The highest BCUT2D eigenvalue weighted by molar-refractivity contribution is 6.32. The summed E-state index contributed by atoms with van der Waals surface area (Å²) in [6.07, 6.45) is 4.62. The van der Waals surface area contributed by atoms with Crippen LogP contribution in [0.1, 0.15) is 60.5 Å². The highest BCUT2D eigenvalue weighted by Crippen LogP contribution is 2.27. The van der Waals surface area contributed by atoms with E-state index in [4.69, 9.17) is 21.1 Å². The molecule has 0 aromatic heterocycles. The van der Waals surface area contributed by atoms with Crippen molar-refractivity contribution >= 4 is 29.2 Å². The van der Waals surface area contributed by atoms with E-state index in [2.05, 4.69) is 5.32 Å². The van der Waals surface area contributed by atoms with Crippen LogP contribution in [0.4, 0.5) is 5.69 Å². The molecule has 30 heavy (non-hydrogen) atoms. The molecule has 0 bridgehead atoms. The van der Waals surface area contributed by atoms with Gasteiger partial charge < -0.3 is 14.8 Å². The normalized spacial score (nSPS) is 15.3. The van der Waals surface area contributed by atoms with Crippen LogP contribution < -0.4 is 10.1 Å². The van der Waals surface area contributed by atoms with Gasteiger partial charge in [-0.25, -0.2) is 4.79 Å². The van der Waals surface area contributed by atoms with Crippen molar-refractivity contribution in [3.63, 3.8) is 0 Å². The van der Waals surface area contributed by atoms with Crippen LogP contribution in [0.15, 0.2) is 36.4 Å². The molecule has 0 spiro atoms. The van der Waals surface area contributed by atoms with E-state index in [9.17, 15) is 9.59 Å². The highest BCUT2D eigenvalue weighted by atomic mass is 35.5. The number of carbonyl (C=O) groups is 2. The van der Waals surface area contributed by atoms with Crippen LogP contribution in [0.3, 0.4) is 0 Å². The van der Waals surface area contributed by atoms with Crippen molar-refractivity contribution in [1.82, 2.24) is 0 Å². The Hall–Kier alpha value is -2.53. The number of hydrogen-bond donors (Lipinski definition) is 1. The van der Waals surface area contributed by atoms with Crippen molar-refractivity contribution in [2.45, 2.75) is 65.1 Å². The third kappa shape index (κ3) is 5.76. The highest BCUT2D eigenvalue weighted by Gasteiger charge is 2.19. The van der Waals surface area contributed by atoms with E-state index in [1.807, 2.05) is 26.0 Å². The van der Waals surface area contributed by atoms with Crippen LogP contribution in [-0.2, 0) is 9.53 Å². The van der Waals surface area contributed by atoms with Gasteiger partial charge in [0.2, 0.25) is 0 Å². The first-order valence-corrected chi connectivity index (χ1v) is 10.8. The van der Waals surface area contributed by atoms with E-state index >= 15 is 0 Å². The average Bonchev–Trinajstić information content (AvgIpc) is 2.73. The molecule has 0 saturated heterocycles. The van der Waals surface area contributed by atoms with Gasteiger partial charge in [0.15, 0.2) is 6.10 Å². The number of carbonyl (C=O) groups excluding carboxylic acids is 2. The topological polar surface area (TPSA) is 64.6 Å². The molecule has 1 N–H and O–H groups in total. The second kappa shape index (κ2) is 9.98. The molecule has 1 aliphatic carbocycles. The number of halogens is 1. The number of nitrogens with one attached hydrogen (secondary N) is 1. The van der Waals surface area contributed by atoms with Crippen molar-refractivity contribution in [2.24, 2.45) is 0 Å². The molecule has 1 saturated carbocycles. The average molecular weight is 430 g/mol. The van der Waals surface area contributed by atoms with Crippen molar-refractivity contribution < 1.29 is 19.1 Å². The van der Waals surface area contributed by atoms with E-state index in [1.54, 1.807) is 31.2 Å². The summed E-state index contributed by atoms with van der Waals surface area (Å²) in [4.78, 5) is 24.8. The fourth-order valence-electron chi connectivity index (χ4n) is 3.57. The Morgan fingerprint density at radius 2 is 1.63 bits per heavy atom. The Kier molecular flexibility index (Phi) is 7.38.